The summed E-state index contributed by atoms with van der Waals surface area (Å²) in [6.07, 6.45) is 0. The minimum absolute atomic E-state index is 0.111. The van der Waals surface area contributed by atoms with Gasteiger partial charge in [0.15, 0.2) is 0 Å². The van der Waals surface area contributed by atoms with Crippen LogP contribution in [0.3, 0.4) is 0 Å². The van der Waals surface area contributed by atoms with Gasteiger partial charge in [0.2, 0.25) is 0 Å². The second-order valence-electron chi connectivity index (χ2n) is 10.3. The van der Waals surface area contributed by atoms with Gasteiger partial charge in [0.1, 0.15) is 11.5 Å². The normalized spacial score (nSPS) is 13.5. The van der Waals surface area contributed by atoms with E-state index in [1.54, 1.807) is 0 Å². The molecule has 1 heteroatoms. The molecule has 0 atom stereocenters. The predicted octanol–water partition coefficient (Wildman–Crippen LogP) is 9.76. The van der Waals surface area contributed by atoms with Gasteiger partial charge in [0.25, 0.3) is 0 Å². The molecule has 0 bridgehead atoms. The van der Waals surface area contributed by atoms with E-state index in [-0.39, 0.29) is 5.41 Å². The van der Waals surface area contributed by atoms with Crippen molar-refractivity contribution < 1.29 is 4.74 Å². The maximum absolute atomic E-state index is 6.34. The Labute approximate surface area is 211 Å². The van der Waals surface area contributed by atoms with Gasteiger partial charge in [-0.1, -0.05) is 98.8 Å². The molecule has 172 valence electrons. The molecule has 7 rings (SSSR count). The largest absolute Gasteiger partial charge is 0.457 e. The molecule has 0 unspecified atom stereocenters. The summed E-state index contributed by atoms with van der Waals surface area (Å²) in [6, 6.07) is 43.4. The quantitative estimate of drug-likeness (QED) is 0.254. The Morgan fingerprint density at radius 3 is 1.69 bits per heavy atom. The minimum atomic E-state index is -0.111. The monoisotopic (exact) mass is 462 g/mol. The van der Waals surface area contributed by atoms with Crippen LogP contribution in [0.5, 0.6) is 11.5 Å². The molecular formula is C35H26O. The van der Waals surface area contributed by atoms with Crippen molar-refractivity contribution in [2.24, 2.45) is 0 Å². The molecule has 0 fully saturated rings. The summed E-state index contributed by atoms with van der Waals surface area (Å²) in [5.41, 5.74) is 7.69. The zero-order valence-corrected chi connectivity index (χ0v) is 20.5. The van der Waals surface area contributed by atoms with Crippen LogP contribution in [0.25, 0.3) is 43.8 Å². The van der Waals surface area contributed by atoms with Crippen LogP contribution in [0.15, 0.2) is 121 Å². The summed E-state index contributed by atoms with van der Waals surface area (Å²) in [5, 5.41) is 4.95. The lowest BCUT2D eigenvalue weighted by Crippen LogP contribution is -2.15. The van der Waals surface area contributed by atoms with Crippen molar-refractivity contribution >= 4 is 21.5 Å². The number of ether oxygens (including phenoxy) is 1. The third kappa shape index (κ3) is 3.31. The van der Waals surface area contributed by atoms with Crippen LogP contribution in [0, 0.1) is 0 Å². The van der Waals surface area contributed by atoms with Crippen LogP contribution in [0.4, 0.5) is 0 Å². The fourth-order valence-electron chi connectivity index (χ4n) is 5.70. The molecule has 36 heavy (non-hydrogen) atoms. The molecule has 1 aliphatic carbocycles. The highest BCUT2D eigenvalue weighted by atomic mass is 16.5. The topological polar surface area (TPSA) is 9.23 Å². The van der Waals surface area contributed by atoms with Crippen molar-refractivity contribution in [3.05, 3.63) is 132 Å². The molecule has 6 aromatic carbocycles. The van der Waals surface area contributed by atoms with Crippen molar-refractivity contribution in [3.63, 3.8) is 0 Å². The summed E-state index contributed by atoms with van der Waals surface area (Å²) in [6.45, 7) is 4.64. The Bertz CT molecular complexity index is 1790. The van der Waals surface area contributed by atoms with E-state index in [4.69, 9.17) is 4.74 Å². The summed E-state index contributed by atoms with van der Waals surface area (Å²) < 4.78 is 6.34. The molecule has 0 spiro atoms. The second kappa shape index (κ2) is 7.83. The first-order chi connectivity index (χ1) is 17.6. The Hall–Kier alpha value is -4.36. The minimum Gasteiger partial charge on any atom is -0.457 e. The van der Waals surface area contributed by atoms with Crippen molar-refractivity contribution in [3.8, 4) is 33.8 Å². The molecule has 0 radical (unpaired) electrons. The molecule has 1 nitrogen and oxygen atoms in total. The Morgan fingerprint density at radius 1 is 0.444 bits per heavy atom. The lowest BCUT2D eigenvalue weighted by molar-refractivity contribution is 0.481. The summed E-state index contributed by atoms with van der Waals surface area (Å²) in [7, 11) is 0. The van der Waals surface area contributed by atoms with Gasteiger partial charge in [0, 0.05) is 5.41 Å². The van der Waals surface area contributed by atoms with Crippen molar-refractivity contribution in [1.29, 1.82) is 0 Å². The lowest BCUT2D eigenvalue weighted by Gasteiger charge is -2.22. The van der Waals surface area contributed by atoms with Gasteiger partial charge in [-0.25, -0.2) is 0 Å². The maximum Gasteiger partial charge on any atom is 0.128 e. The van der Waals surface area contributed by atoms with E-state index in [0.29, 0.717) is 0 Å². The molecule has 1 aliphatic rings. The molecule has 0 heterocycles. The fraction of sp³-hybridized carbons (Fsp3) is 0.0857. The average molecular weight is 463 g/mol. The van der Waals surface area contributed by atoms with Gasteiger partial charge in [-0.15, -0.1) is 0 Å². The van der Waals surface area contributed by atoms with Crippen LogP contribution < -0.4 is 4.74 Å². The fourth-order valence-corrected chi connectivity index (χ4v) is 5.70. The first-order valence-corrected chi connectivity index (χ1v) is 12.5. The molecule has 0 aliphatic heterocycles. The van der Waals surface area contributed by atoms with E-state index >= 15 is 0 Å². The first kappa shape index (κ1) is 21.0. The summed E-state index contributed by atoms with van der Waals surface area (Å²) in [4.78, 5) is 0. The van der Waals surface area contributed by atoms with Gasteiger partial charge in [0.05, 0.1) is 0 Å². The zero-order chi connectivity index (χ0) is 24.3. The van der Waals surface area contributed by atoms with E-state index in [2.05, 4.69) is 129 Å². The second-order valence-corrected chi connectivity index (χ2v) is 10.3. The van der Waals surface area contributed by atoms with Crippen LogP contribution >= 0.6 is 0 Å². The Kier molecular flexibility index (Phi) is 4.56. The van der Waals surface area contributed by atoms with Crippen LogP contribution in [-0.4, -0.2) is 0 Å². The third-order valence-electron chi connectivity index (χ3n) is 7.69. The number of benzene rings is 6. The van der Waals surface area contributed by atoms with Gasteiger partial charge in [-0.05, 0) is 91.3 Å². The number of fused-ring (bicyclic) bond motifs is 5. The molecule has 0 aromatic heterocycles. The standard InChI is InChI=1S/C35H26O/c1-35(2)33-21-28(27-12-11-23-7-3-5-9-25(23)19-27)14-17-31(33)32-18-16-30(22-34(32)35)36-29-15-13-24-8-4-6-10-26(24)20-29/h3-22H,1-2H3. The summed E-state index contributed by atoms with van der Waals surface area (Å²) >= 11 is 0. The summed E-state index contributed by atoms with van der Waals surface area (Å²) in [5.74, 6) is 1.74. The Morgan fingerprint density at radius 2 is 0.944 bits per heavy atom. The maximum atomic E-state index is 6.34. The van der Waals surface area contributed by atoms with Gasteiger partial charge >= 0.3 is 0 Å². The highest BCUT2D eigenvalue weighted by Crippen LogP contribution is 2.51. The van der Waals surface area contributed by atoms with Gasteiger partial charge < -0.3 is 4.74 Å². The van der Waals surface area contributed by atoms with Crippen LogP contribution in [-0.2, 0) is 5.41 Å². The highest BCUT2D eigenvalue weighted by Gasteiger charge is 2.36. The Balaban J connectivity index is 1.25. The lowest BCUT2D eigenvalue weighted by atomic mass is 9.81. The molecular weight excluding hydrogens is 436 g/mol. The molecule has 0 N–H and O–H groups in total. The number of hydrogen-bond donors (Lipinski definition) is 0. The zero-order valence-electron chi connectivity index (χ0n) is 20.5. The van der Waals surface area contributed by atoms with Gasteiger partial charge in [-0.3, -0.25) is 0 Å². The number of rotatable bonds is 3. The van der Waals surface area contributed by atoms with E-state index in [1.165, 1.54) is 54.9 Å². The smallest absolute Gasteiger partial charge is 0.128 e. The van der Waals surface area contributed by atoms with Crippen molar-refractivity contribution in [2.75, 3.05) is 0 Å². The highest BCUT2D eigenvalue weighted by molar-refractivity contribution is 5.89. The molecule has 6 aromatic rings. The first-order valence-electron chi connectivity index (χ1n) is 12.5. The van der Waals surface area contributed by atoms with Crippen LogP contribution in [0.1, 0.15) is 25.0 Å². The molecule has 0 amide bonds. The van der Waals surface area contributed by atoms with Crippen molar-refractivity contribution in [1.82, 2.24) is 0 Å². The van der Waals surface area contributed by atoms with Crippen LogP contribution in [0.2, 0.25) is 0 Å². The third-order valence-corrected chi connectivity index (χ3v) is 7.69. The van der Waals surface area contributed by atoms with E-state index in [0.717, 1.165) is 11.5 Å². The van der Waals surface area contributed by atoms with E-state index < -0.39 is 0 Å². The van der Waals surface area contributed by atoms with Gasteiger partial charge in [-0.2, -0.15) is 0 Å². The SMILES string of the molecule is CC1(C)c2cc(Oc3ccc4ccccc4c3)ccc2-c2ccc(-c3ccc4ccccc4c3)cc21. The number of hydrogen-bond acceptors (Lipinski definition) is 1. The average Bonchev–Trinajstić information content (AvgIpc) is 3.14. The molecule has 0 saturated carbocycles. The van der Waals surface area contributed by atoms with E-state index in [9.17, 15) is 0 Å². The predicted molar refractivity (Wildman–Crippen MR) is 151 cm³/mol. The molecule has 0 saturated heterocycles. The van der Waals surface area contributed by atoms with E-state index in [1.807, 2.05) is 6.07 Å². The van der Waals surface area contributed by atoms with Crippen molar-refractivity contribution in [2.45, 2.75) is 19.3 Å².